The molecule has 1 aliphatic rings. The summed E-state index contributed by atoms with van der Waals surface area (Å²) in [5, 5.41) is 0. The van der Waals surface area contributed by atoms with E-state index >= 15 is 0 Å². The zero-order chi connectivity index (χ0) is 13.9. The van der Waals surface area contributed by atoms with Crippen molar-refractivity contribution in [3.05, 3.63) is 0 Å². The molecule has 1 aliphatic carbocycles. The van der Waals surface area contributed by atoms with Crippen LogP contribution in [0.5, 0.6) is 0 Å². The van der Waals surface area contributed by atoms with E-state index in [9.17, 15) is 4.79 Å². The van der Waals surface area contributed by atoms with Gasteiger partial charge < -0.3 is 4.74 Å². The first-order valence-electron chi connectivity index (χ1n) is 7.41. The molecule has 0 bridgehead atoms. The molecule has 4 unspecified atom stereocenters. The Hall–Kier alpha value is -0.530. The van der Waals surface area contributed by atoms with Crippen LogP contribution in [0.15, 0.2) is 0 Å². The summed E-state index contributed by atoms with van der Waals surface area (Å²) < 4.78 is 5.32. The number of hydrogen-bond acceptors (Lipinski definition) is 2. The van der Waals surface area contributed by atoms with Gasteiger partial charge in [-0.2, -0.15) is 0 Å². The molecule has 1 fully saturated rings. The van der Waals surface area contributed by atoms with E-state index in [2.05, 4.69) is 27.7 Å². The Morgan fingerprint density at radius 1 is 1.39 bits per heavy atom. The number of ether oxygens (including phenoxy) is 1. The van der Waals surface area contributed by atoms with Crippen LogP contribution >= 0.6 is 0 Å². The van der Waals surface area contributed by atoms with Crippen molar-refractivity contribution in [2.45, 2.75) is 73.3 Å². The zero-order valence-corrected chi connectivity index (χ0v) is 13.0. The van der Waals surface area contributed by atoms with Crippen LogP contribution in [0.4, 0.5) is 0 Å². The van der Waals surface area contributed by atoms with E-state index in [1.54, 1.807) is 0 Å². The van der Waals surface area contributed by atoms with Crippen molar-refractivity contribution >= 4 is 5.97 Å². The summed E-state index contributed by atoms with van der Waals surface area (Å²) in [6.07, 6.45) is 5.24. The fraction of sp³-hybridized carbons (Fsp3) is 0.938. The minimum atomic E-state index is -0.162. The Labute approximate surface area is 112 Å². The van der Waals surface area contributed by atoms with Gasteiger partial charge in [0, 0.05) is 6.92 Å². The molecular formula is C16H30O2. The van der Waals surface area contributed by atoms with Crippen LogP contribution in [-0.2, 0) is 9.53 Å². The van der Waals surface area contributed by atoms with Gasteiger partial charge >= 0.3 is 5.97 Å². The molecule has 2 nitrogen and oxygen atoms in total. The first-order valence-corrected chi connectivity index (χ1v) is 7.41. The smallest absolute Gasteiger partial charge is 0.302 e. The van der Waals surface area contributed by atoms with Gasteiger partial charge in [-0.3, -0.25) is 4.79 Å². The second-order valence-electron chi connectivity index (χ2n) is 6.99. The quantitative estimate of drug-likeness (QED) is 0.694. The average Bonchev–Trinajstić information content (AvgIpc) is 2.22. The van der Waals surface area contributed by atoms with Crippen LogP contribution < -0.4 is 0 Å². The van der Waals surface area contributed by atoms with Crippen molar-refractivity contribution < 1.29 is 9.53 Å². The Bertz CT molecular complexity index is 283. The van der Waals surface area contributed by atoms with Crippen molar-refractivity contribution in [2.75, 3.05) is 0 Å². The highest BCUT2D eigenvalue weighted by Crippen LogP contribution is 2.47. The molecule has 18 heavy (non-hydrogen) atoms. The van der Waals surface area contributed by atoms with Gasteiger partial charge in [0.1, 0.15) is 6.10 Å². The van der Waals surface area contributed by atoms with Gasteiger partial charge in [0.2, 0.25) is 0 Å². The fourth-order valence-electron chi connectivity index (χ4n) is 3.56. The summed E-state index contributed by atoms with van der Waals surface area (Å²) in [6, 6.07) is 0. The normalized spacial score (nSPS) is 30.6. The molecular weight excluding hydrogens is 224 g/mol. The van der Waals surface area contributed by atoms with E-state index in [-0.39, 0.29) is 12.1 Å². The van der Waals surface area contributed by atoms with Gasteiger partial charge in [-0.05, 0) is 42.9 Å². The second kappa shape index (κ2) is 6.08. The minimum absolute atomic E-state index is 0.0347. The first-order chi connectivity index (χ1) is 8.24. The lowest BCUT2D eigenvalue weighted by molar-refractivity contribution is -0.148. The number of hydrogen-bond donors (Lipinski definition) is 0. The van der Waals surface area contributed by atoms with E-state index in [4.69, 9.17) is 4.74 Å². The molecule has 0 aliphatic heterocycles. The molecule has 0 radical (unpaired) electrons. The van der Waals surface area contributed by atoms with Crippen LogP contribution in [0.3, 0.4) is 0 Å². The maximum atomic E-state index is 11.0. The first kappa shape index (κ1) is 15.5. The van der Waals surface area contributed by atoms with Crippen LogP contribution in [0, 0.1) is 23.2 Å². The van der Waals surface area contributed by atoms with Crippen LogP contribution in [0.1, 0.15) is 67.2 Å². The second-order valence-corrected chi connectivity index (χ2v) is 6.99. The lowest BCUT2D eigenvalue weighted by atomic mass is 9.61. The van der Waals surface area contributed by atoms with Crippen molar-refractivity contribution in [1.29, 1.82) is 0 Å². The maximum absolute atomic E-state index is 11.0. The summed E-state index contributed by atoms with van der Waals surface area (Å²) in [5.74, 6) is 1.82. The predicted molar refractivity (Wildman–Crippen MR) is 75.3 cm³/mol. The maximum Gasteiger partial charge on any atom is 0.302 e. The van der Waals surface area contributed by atoms with Crippen LogP contribution in [0.2, 0.25) is 0 Å². The van der Waals surface area contributed by atoms with E-state index in [1.165, 1.54) is 32.6 Å². The molecule has 0 aromatic heterocycles. The van der Waals surface area contributed by atoms with Crippen LogP contribution in [-0.4, -0.2) is 12.1 Å². The Morgan fingerprint density at radius 3 is 2.50 bits per heavy atom. The fourth-order valence-corrected chi connectivity index (χ4v) is 3.56. The highest BCUT2D eigenvalue weighted by molar-refractivity contribution is 5.66. The van der Waals surface area contributed by atoms with E-state index < -0.39 is 0 Å². The highest BCUT2D eigenvalue weighted by Gasteiger charge is 2.38. The standard InChI is InChI=1S/C16H30O2/c1-11-8-7-9-16(5,6)15(11)10-12(2)13(3)18-14(4)17/h11-13,15H,7-10H2,1-6H3. The third kappa shape index (κ3) is 4.00. The minimum Gasteiger partial charge on any atom is -0.463 e. The molecule has 1 rings (SSSR count). The highest BCUT2D eigenvalue weighted by atomic mass is 16.5. The molecule has 0 N–H and O–H groups in total. The Morgan fingerprint density at radius 2 is 2.00 bits per heavy atom. The number of carbonyl (C=O) groups is 1. The number of rotatable bonds is 4. The lowest BCUT2D eigenvalue weighted by Gasteiger charge is -2.44. The average molecular weight is 254 g/mol. The molecule has 0 aromatic carbocycles. The monoisotopic (exact) mass is 254 g/mol. The van der Waals surface area contributed by atoms with Crippen LogP contribution in [0.25, 0.3) is 0 Å². The summed E-state index contributed by atoms with van der Waals surface area (Å²) in [4.78, 5) is 11.0. The van der Waals surface area contributed by atoms with Gasteiger partial charge in [0.25, 0.3) is 0 Å². The summed E-state index contributed by atoms with van der Waals surface area (Å²) in [5.41, 5.74) is 0.432. The topological polar surface area (TPSA) is 26.3 Å². The largest absolute Gasteiger partial charge is 0.463 e. The molecule has 106 valence electrons. The Balaban J connectivity index is 2.60. The summed E-state index contributed by atoms with van der Waals surface area (Å²) in [7, 11) is 0. The van der Waals surface area contributed by atoms with Gasteiger partial charge in [0.15, 0.2) is 0 Å². The summed E-state index contributed by atoms with van der Waals surface area (Å²) in [6.45, 7) is 12.9. The van der Waals surface area contributed by atoms with E-state index in [0.29, 0.717) is 11.3 Å². The molecule has 1 saturated carbocycles. The molecule has 2 heteroatoms. The van der Waals surface area contributed by atoms with E-state index in [0.717, 1.165) is 11.8 Å². The molecule has 0 saturated heterocycles. The number of esters is 1. The van der Waals surface area contributed by atoms with Gasteiger partial charge in [-0.15, -0.1) is 0 Å². The molecule has 0 spiro atoms. The molecule has 4 atom stereocenters. The Kier molecular flexibility index (Phi) is 5.24. The molecule has 0 aromatic rings. The van der Waals surface area contributed by atoms with Crippen molar-refractivity contribution in [3.8, 4) is 0 Å². The molecule has 0 amide bonds. The van der Waals surface area contributed by atoms with Crippen molar-refractivity contribution in [3.63, 3.8) is 0 Å². The summed E-state index contributed by atoms with van der Waals surface area (Å²) >= 11 is 0. The van der Waals surface area contributed by atoms with Gasteiger partial charge in [-0.25, -0.2) is 0 Å². The van der Waals surface area contributed by atoms with Crippen molar-refractivity contribution in [1.82, 2.24) is 0 Å². The van der Waals surface area contributed by atoms with Gasteiger partial charge in [0.05, 0.1) is 0 Å². The van der Waals surface area contributed by atoms with Gasteiger partial charge in [-0.1, -0.05) is 40.5 Å². The third-order valence-corrected chi connectivity index (χ3v) is 4.95. The zero-order valence-electron chi connectivity index (χ0n) is 13.0. The SMILES string of the molecule is CC(=O)OC(C)C(C)CC1C(C)CCCC1(C)C. The van der Waals surface area contributed by atoms with E-state index in [1.807, 2.05) is 6.92 Å². The molecule has 0 heterocycles. The predicted octanol–water partition coefficient (Wildman–Crippen LogP) is 4.43. The number of carbonyl (C=O) groups excluding carboxylic acids is 1. The van der Waals surface area contributed by atoms with Crippen molar-refractivity contribution in [2.24, 2.45) is 23.2 Å². The third-order valence-electron chi connectivity index (χ3n) is 4.95. The lowest BCUT2D eigenvalue weighted by Crippen LogP contribution is -2.36.